The fourth-order valence-corrected chi connectivity index (χ4v) is 2.73. The summed E-state index contributed by atoms with van der Waals surface area (Å²) in [7, 11) is 0. The molecule has 2 rings (SSSR count). The van der Waals surface area contributed by atoms with Crippen LogP contribution in [0.15, 0.2) is 18.2 Å². The summed E-state index contributed by atoms with van der Waals surface area (Å²) in [4.78, 5) is 22.9. The SMILES string of the molecule is CSC1(CNC(=O)Nc2cccc(C(=O)O)c2C)CC1. The Kier molecular flexibility index (Phi) is 4.23. The van der Waals surface area contributed by atoms with E-state index in [9.17, 15) is 9.59 Å². The zero-order valence-electron chi connectivity index (χ0n) is 11.5. The molecular weight excluding hydrogens is 276 g/mol. The van der Waals surface area contributed by atoms with E-state index >= 15 is 0 Å². The molecule has 1 aromatic carbocycles. The number of carbonyl (C=O) groups is 2. The van der Waals surface area contributed by atoms with E-state index < -0.39 is 5.97 Å². The smallest absolute Gasteiger partial charge is 0.336 e. The largest absolute Gasteiger partial charge is 0.478 e. The summed E-state index contributed by atoms with van der Waals surface area (Å²) < 4.78 is 0.204. The van der Waals surface area contributed by atoms with Crippen LogP contribution in [0.4, 0.5) is 10.5 Å². The van der Waals surface area contributed by atoms with Gasteiger partial charge >= 0.3 is 12.0 Å². The van der Waals surface area contributed by atoms with Gasteiger partial charge in [-0.05, 0) is 43.7 Å². The lowest BCUT2D eigenvalue weighted by Crippen LogP contribution is -2.35. The number of aromatic carboxylic acids is 1. The minimum Gasteiger partial charge on any atom is -0.478 e. The van der Waals surface area contributed by atoms with Crippen molar-refractivity contribution in [1.82, 2.24) is 5.32 Å². The van der Waals surface area contributed by atoms with E-state index in [4.69, 9.17) is 5.11 Å². The predicted molar refractivity (Wildman–Crippen MR) is 80.6 cm³/mol. The van der Waals surface area contributed by atoms with E-state index in [-0.39, 0.29) is 16.3 Å². The van der Waals surface area contributed by atoms with Crippen molar-refractivity contribution in [3.05, 3.63) is 29.3 Å². The highest BCUT2D eigenvalue weighted by molar-refractivity contribution is 8.00. The van der Waals surface area contributed by atoms with Crippen molar-refractivity contribution in [2.75, 3.05) is 18.1 Å². The van der Waals surface area contributed by atoms with Crippen LogP contribution in [0.25, 0.3) is 0 Å². The first-order valence-electron chi connectivity index (χ1n) is 6.40. The number of urea groups is 1. The number of nitrogens with one attached hydrogen (secondary N) is 2. The molecule has 0 aliphatic heterocycles. The standard InChI is InChI=1S/C14H18N2O3S/c1-9-10(12(17)18)4-3-5-11(9)16-13(19)15-8-14(20-2)6-7-14/h3-5H,6-8H2,1-2H3,(H,17,18)(H2,15,16,19). The molecule has 0 heterocycles. The van der Waals surface area contributed by atoms with Gasteiger partial charge in [-0.2, -0.15) is 11.8 Å². The zero-order chi connectivity index (χ0) is 14.8. The maximum atomic E-state index is 11.9. The maximum Gasteiger partial charge on any atom is 0.336 e. The number of thioether (sulfide) groups is 1. The van der Waals surface area contributed by atoms with Crippen LogP contribution in [-0.4, -0.2) is 34.7 Å². The molecule has 1 aliphatic rings. The van der Waals surface area contributed by atoms with E-state index in [0.717, 1.165) is 12.8 Å². The van der Waals surface area contributed by atoms with Crippen molar-refractivity contribution >= 4 is 29.4 Å². The summed E-state index contributed by atoms with van der Waals surface area (Å²) in [6.45, 7) is 2.32. The molecule has 3 N–H and O–H groups in total. The van der Waals surface area contributed by atoms with Gasteiger partial charge in [0.15, 0.2) is 0 Å². The highest BCUT2D eigenvalue weighted by Gasteiger charge is 2.41. The van der Waals surface area contributed by atoms with Crippen molar-refractivity contribution in [2.45, 2.75) is 24.5 Å². The Labute approximate surface area is 122 Å². The Bertz CT molecular complexity index is 541. The first-order chi connectivity index (χ1) is 9.47. The van der Waals surface area contributed by atoms with Crippen LogP contribution in [0.3, 0.4) is 0 Å². The number of carbonyl (C=O) groups excluding carboxylic acids is 1. The van der Waals surface area contributed by atoms with Crippen LogP contribution in [-0.2, 0) is 0 Å². The van der Waals surface area contributed by atoms with Crippen molar-refractivity contribution in [1.29, 1.82) is 0 Å². The molecule has 1 fully saturated rings. The third-order valence-electron chi connectivity index (χ3n) is 3.62. The van der Waals surface area contributed by atoms with Gasteiger partial charge in [-0.15, -0.1) is 0 Å². The van der Waals surface area contributed by atoms with Crippen LogP contribution in [0.5, 0.6) is 0 Å². The lowest BCUT2D eigenvalue weighted by atomic mass is 10.1. The number of hydrogen-bond acceptors (Lipinski definition) is 3. The summed E-state index contributed by atoms with van der Waals surface area (Å²) in [6.07, 6.45) is 4.30. The van der Waals surface area contributed by atoms with Crippen LogP contribution >= 0.6 is 11.8 Å². The zero-order valence-corrected chi connectivity index (χ0v) is 12.3. The Morgan fingerprint density at radius 1 is 1.40 bits per heavy atom. The molecule has 108 valence electrons. The van der Waals surface area contributed by atoms with E-state index in [1.165, 1.54) is 6.07 Å². The highest BCUT2D eigenvalue weighted by atomic mass is 32.2. The molecule has 1 saturated carbocycles. The number of carboxylic acid groups (broad SMARTS) is 1. The number of amides is 2. The number of carboxylic acids is 1. The van der Waals surface area contributed by atoms with Crippen molar-refractivity contribution < 1.29 is 14.7 Å². The number of hydrogen-bond donors (Lipinski definition) is 3. The summed E-state index contributed by atoms with van der Waals surface area (Å²) in [6, 6.07) is 4.54. The lowest BCUT2D eigenvalue weighted by Gasteiger charge is -2.15. The molecular formula is C14H18N2O3S. The van der Waals surface area contributed by atoms with E-state index in [0.29, 0.717) is 17.8 Å². The van der Waals surface area contributed by atoms with E-state index in [1.807, 2.05) is 6.26 Å². The quantitative estimate of drug-likeness (QED) is 0.780. The summed E-state index contributed by atoms with van der Waals surface area (Å²) in [5.74, 6) is -0.995. The second-order valence-corrected chi connectivity index (χ2v) is 6.25. The molecule has 1 aromatic rings. The van der Waals surface area contributed by atoms with Gasteiger partial charge in [-0.3, -0.25) is 0 Å². The van der Waals surface area contributed by atoms with Crippen LogP contribution in [0, 0.1) is 6.92 Å². The summed E-state index contributed by atoms with van der Waals surface area (Å²) in [5.41, 5.74) is 1.28. The number of benzene rings is 1. The molecule has 20 heavy (non-hydrogen) atoms. The van der Waals surface area contributed by atoms with Gasteiger partial charge in [0, 0.05) is 17.0 Å². The molecule has 5 nitrogen and oxygen atoms in total. The average molecular weight is 294 g/mol. The third kappa shape index (κ3) is 3.25. The van der Waals surface area contributed by atoms with Crippen LogP contribution < -0.4 is 10.6 Å². The lowest BCUT2D eigenvalue weighted by molar-refractivity contribution is 0.0696. The fourth-order valence-electron chi connectivity index (χ4n) is 2.00. The third-order valence-corrected chi connectivity index (χ3v) is 5.04. The molecule has 0 aromatic heterocycles. The maximum absolute atomic E-state index is 11.9. The fraction of sp³-hybridized carbons (Fsp3) is 0.429. The Morgan fingerprint density at radius 3 is 2.65 bits per heavy atom. The molecule has 0 radical (unpaired) electrons. The molecule has 2 amide bonds. The molecule has 1 aliphatic carbocycles. The minimum atomic E-state index is -0.995. The molecule has 0 atom stereocenters. The van der Waals surface area contributed by atoms with Crippen LogP contribution in [0.2, 0.25) is 0 Å². The highest BCUT2D eigenvalue weighted by Crippen LogP contribution is 2.46. The van der Waals surface area contributed by atoms with Crippen molar-refractivity contribution in [3.63, 3.8) is 0 Å². The molecule has 0 unspecified atom stereocenters. The van der Waals surface area contributed by atoms with Crippen molar-refractivity contribution in [3.8, 4) is 0 Å². The predicted octanol–water partition coefficient (Wildman–Crippen LogP) is 2.71. The van der Waals surface area contributed by atoms with Gasteiger partial charge in [0.25, 0.3) is 0 Å². The topological polar surface area (TPSA) is 78.4 Å². The molecule has 0 spiro atoms. The first kappa shape index (κ1) is 14.7. The Balaban J connectivity index is 1.97. The Morgan fingerprint density at radius 2 is 2.10 bits per heavy atom. The first-order valence-corrected chi connectivity index (χ1v) is 7.63. The van der Waals surface area contributed by atoms with Gasteiger partial charge in [0.1, 0.15) is 0 Å². The van der Waals surface area contributed by atoms with Crippen LogP contribution in [0.1, 0.15) is 28.8 Å². The van der Waals surface area contributed by atoms with Crippen molar-refractivity contribution in [2.24, 2.45) is 0 Å². The minimum absolute atomic E-state index is 0.200. The summed E-state index contributed by atoms with van der Waals surface area (Å²) >= 11 is 1.78. The van der Waals surface area contributed by atoms with E-state index in [1.54, 1.807) is 30.8 Å². The molecule has 0 bridgehead atoms. The number of anilines is 1. The second kappa shape index (κ2) is 5.75. The molecule has 0 saturated heterocycles. The van der Waals surface area contributed by atoms with E-state index in [2.05, 4.69) is 10.6 Å². The number of rotatable bonds is 5. The molecule has 6 heteroatoms. The van der Waals surface area contributed by atoms with Gasteiger partial charge < -0.3 is 15.7 Å². The average Bonchev–Trinajstić information content (AvgIpc) is 3.19. The second-order valence-electron chi connectivity index (χ2n) is 4.98. The van der Waals surface area contributed by atoms with Gasteiger partial charge in [-0.25, -0.2) is 9.59 Å². The normalized spacial score (nSPS) is 15.5. The summed E-state index contributed by atoms with van der Waals surface area (Å²) in [5, 5.41) is 14.6. The van der Waals surface area contributed by atoms with Gasteiger partial charge in [0.05, 0.1) is 5.56 Å². The Hall–Kier alpha value is -1.69. The van der Waals surface area contributed by atoms with Gasteiger partial charge in [0.2, 0.25) is 0 Å². The monoisotopic (exact) mass is 294 g/mol. The van der Waals surface area contributed by atoms with Gasteiger partial charge in [-0.1, -0.05) is 6.07 Å².